The zero-order chi connectivity index (χ0) is 13.4. The number of nitriles is 1. The van der Waals surface area contributed by atoms with E-state index in [1.54, 1.807) is 0 Å². The summed E-state index contributed by atoms with van der Waals surface area (Å²) >= 11 is 11.2. The van der Waals surface area contributed by atoms with Crippen molar-refractivity contribution in [3.8, 4) is 17.2 Å². The molecule has 0 bridgehead atoms. The predicted molar refractivity (Wildman–Crippen MR) is 78.8 cm³/mol. The topological polar surface area (TPSA) is 39.6 Å². The second kappa shape index (κ2) is 4.80. The molecule has 1 N–H and O–H groups in total. The first-order valence-corrected chi connectivity index (χ1v) is 6.91. The molecule has 1 fully saturated rings. The number of H-pyrrole nitrogens is 1. The molecule has 94 valence electrons. The van der Waals surface area contributed by atoms with E-state index in [4.69, 9.17) is 23.8 Å². The minimum atomic E-state index is 0.525. The molecule has 1 aliphatic carbocycles. The van der Waals surface area contributed by atoms with Crippen molar-refractivity contribution >= 4 is 23.8 Å². The summed E-state index contributed by atoms with van der Waals surface area (Å²) in [6.07, 6.45) is 2.38. The summed E-state index contributed by atoms with van der Waals surface area (Å²) in [5.74, 6) is 0.570. The van der Waals surface area contributed by atoms with E-state index in [0.29, 0.717) is 21.1 Å². The second-order valence-electron chi connectivity index (χ2n) is 4.74. The number of pyridine rings is 1. The van der Waals surface area contributed by atoms with Gasteiger partial charge in [-0.2, -0.15) is 5.26 Å². The molecule has 1 heterocycles. The largest absolute Gasteiger partial charge is 0.349 e. The lowest BCUT2D eigenvalue weighted by molar-refractivity contribution is 1.01. The minimum Gasteiger partial charge on any atom is -0.349 e. The number of nitrogens with zero attached hydrogens (tertiary/aromatic N) is 1. The highest BCUT2D eigenvalue weighted by atomic mass is 35.5. The highest BCUT2D eigenvalue weighted by molar-refractivity contribution is 7.71. The Labute approximate surface area is 121 Å². The zero-order valence-corrected chi connectivity index (χ0v) is 11.7. The van der Waals surface area contributed by atoms with Crippen molar-refractivity contribution in [1.82, 2.24) is 4.98 Å². The average molecular weight is 287 g/mol. The van der Waals surface area contributed by atoms with Crippen molar-refractivity contribution in [2.24, 2.45) is 0 Å². The molecule has 1 saturated carbocycles. The standard InChI is InChI=1S/C15H11ClN2S/c16-11-5-3-9(4-6-11)12-7-14(10-1-2-10)18-15(19)13(12)8-17/h3-7,10H,1-2H2,(H,18,19). The second-order valence-corrected chi connectivity index (χ2v) is 5.58. The molecule has 0 amide bonds. The molecule has 2 aromatic rings. The molecule has 1 aromatic carbocycles. The van der Waals surface area contributed by atoms with Crippen LogP contribution in [0.1, 0.15) is 30.0 Å². The van der Waals surface area contributed by atoms with Crippen LogP contribution in [-0.4, -0.2) is 4.98 Å². The molecule has 2 nitrogen and oxygen atoms in total. The number of nitrogens with one attached hydrogen (secondary N) is 1. The highest BCUT2D eigenvalue weighted by Gasteiger charge is 2.25. The van der Waals surface area contributed by atoms with Gasteiger partial charge >= 0.3 is 0 Å². The fourth-order valence-electron chi connectivity index (χ4n) is 2.16. The van der Waals surface area contributed by atoms with Crippen LogP contribution in [0.15, 0.2) is 30.3 Å². The van der Waals surface area contributed by atoms with Crippen LogP contribution in [0.3, 0.4) is 0 Å². The Kier molecular flexibility index (Phi) is 3.14. The van der Waals surface area contributed by atoms with Crippen molar-refractivity contribution < 1.29 is 0 Å². The number of benzene rings is 1. The summed E-state index contributed by atoms with van der Waals surface area (Å²) in [4.78, 5) is 3.18. The number of hydrogen-bond acceptors (Lipinski definition) is 2. The van der Waals surface area contributed by atoms with E-state index in [9.17, 15) is 5.26 Å². The zero-order valence-electron chi connectivity index (χ0n) is 10.1. The van der Waals surface area contributed by atoms with Gasteiger partial charge in [0, 0.05) is 16.3 Å². The van der Waals surface area contributed by atoms with E-state index in [2.05, 4.69) is 17.1 Å². The van der Waals surface area contributed by atoms with Gasteiger partial charge in [0.15, 0.2) is 0 Å². The maximum Gasteiger partial charge on any atom is 0.122 e. The Balaban J connectivity index is 2.20. The van der Waals surface area contributed by atoms with Crippen molar-refractivity contribution in [2.75, 3.05) is 0 Å². The van der Waals surface area contributed by atoms with Gasteiger partial charge in [-0.1, -0.05) is 36.0 Å². The van der Waals surface area contributed by atoms with Gasteiger partial charge < -0.3 is 4.98 Å². The Morgan fingerprint density at radius 3 is 2.53 bits per heavy atom. The van der Waals surface area contributed by atoms with Gasteiger partial charge in [0.2, 0.25) is 0 Å². The third kappa shape index (κ3) is 2.42. The summed E-state index contributed by atoms with van der Waals surface area (Å²) in [6.45, 7) is 0. The SMILES string of the molecule is N#Cc1c(-c2ccc(Cl)cc2)cc(C2CC2)[nH]c1=S. The maximum atomic E-state index is 9.30. The molecule has 0 atom stereocenters. The fraction of sp³-hybridized carbons (Fsp3) is 0.200. The van der Waals surface area contributed by atoms with Gasteiger partial charge in [0.05, 0.1) is 5.56 Å². The van der Waals surface area contributed by atoms with Crippen molar-refractivity contribution in [3.05, 3.63) is 51.3 Å². The molecule has 0 spiro atoms. The van der Waals surface area contributed by atoms with Gasteiger partial charge in [0.25, 0.3) is 0 Å². The van der Waals surface area contributed by atoms with Crippen molar-refractivity contribution in [2.45, 2.75) is 18.8 Å². The van der Waals surface area contributed by atoms with Crippen LogP contribution in [0.5, 0.6) is 0 Å². The normalized spacial score (nSPS) is 14.1. The smallest absolute Gasteiger partial charge is 0.122 e. The predicted octanol–water partition coefficient (Wildman–Crippen LogP) is 4.81. The molecule has 0 saturated heterocycles. The van der Waals surface area contributed by atoms with Crippen molar-refractivity contribution in [1.29, 1.82) is 5.26 Å². The summed E-state index contributed by atoms with van der Waals surface area (Å²) in [5.41, 5.74) is 3.53. The fourth-order valence-corrected chi connectivity index (χ4v) is 2.56. The monoisotopic (exact) mass is 286 g/mol. The number of halogens is 1. The van der Waals surface area contributed by atoms with Crippen LogP contribution in [0, 0.1) is 16.0 Å². The molecule has 0 aliphatic heterocycles. The van der Waals surface area contributed by atoms with Crippen LogP contribution in [0.2, 0.25) is 5.02 Å². The van der Waals surface area contributed by atoms with Gasteiger partial charge in [0.1, 0.15) is 10.7 Å². The number of aromatic nitrogens is 1. The first-order chi connectivity index (χ1) is 9.19. The van der Waals surface area contributed by atoms with Gasteiger partial charge in [-0.05, 0) is 42.5 Å². The van der Waals surface area contributed by atoms with Gasteiger partial charge in [-0.15, -0.1) is 0 Å². The summed E-state index contributed by atoms with van der Waals surface area (Å²) in [6, 6.07) is 11.7. The molecule has 3 rings (SSSR count). The third-order valence-electron chi connectivity index (χ3n) is 3.34. The molecule has 1 aliphatic rings. The van der Waals surface area contributed by atoms with Crippen LogP contribution in [-0.2, 0) is 0 Å². The van der Waals surface area contributed by atoms with E-state index in [-0.39, 0.29) is 0 Å². The quantitative estimate of drug-likeness (QED) is 0.805. The maximum absolute atomic E-state index is 9.30. The molecule has 4 heteroatoms. The molecule has 19 heavy (non-hydrogen) atoms. The molecular formula is C15H11ClN2S. The van der Waals surface area contributed by atoms with E-state index < -0.39 is 0 Å². The first kappa shape index (κ1) is 12.4. The van der Waals surface area contributed by atoms with Gasteiger partial charge in [-0.25, -0.2) is 0 Å². The van der Waals surface area contributed by atoms with E-state index in [1.807, 2.05) is 24.3 Å². The Morgan fingerprint density at radius 1 is 1.26 bits per heavy atom. The Bertz CT molecular complexity index is 721. The van der Waals surface area contributed by atoms with E-state index in [0.717, 1.165) is 16.8 Å². The van der Waals surface area contributed by atoms with Gasteiger partial charge in [-0.3, -0.25) is 0 Å². The summed E-state index contributed by atoms with van der Waals surface area (Å²) in [7, 11) is 0. The molecule has 0 unspecified atom stereocenters. The molecule has 1 aromatic heterocycles. The lowest BCUT2D eigenvalue weighted by atomic mass is 10.0. The number of hydrogen-bond donors (Lipinski definition) is 1. The number of aromatic amines is 1. The van der Waals surface area contributed by atoms with Crippen LogP contribution in [0.4, 0.5) is 0 Å². The van der Waals surface area contributed by atoms with Crippen LogP contribution < -0.4 is 0 Å². The summed E-state index contributed by atoms with van der Waals surface area (Å²) in [5, 5.41) is 9.98. The van der Waals surface area contributed by atoms with E-state index >= 15 is 0 Å². The van der Waals surface area contributed by atoms with E-state index in [1.165, 1.54) is 12.8 Å². The lowest BCUT2D eigenvalue weighted by Crippen LogP contribution is -1.94. The first-order valence-electron chi connectivity index (χ1n) is 6.12. The molecular weight excluding hydrogens is 276 g/mol. The minimum absolute atomic E-state index is 0.525. The van der Waals surface area contributed by atoms with Crippen LogP contribution in [0.25, 0.3) is 11.1 Å². The third-order valence-corrected chi connectivity index (χ3v) is 3.90. The lowest BCUT2D eigenvalue weighted by Gasteiger charge is -2.08. The van der Waals surface area contributed by atoms with Crippen molar-refractivity contribution in [3.63, 3.8) is 0 Å². The average Bonchev–Trinajstić information content (AvgIpc) is 3.23. The molecule has 0 radical (unpaired) electrons. The number of rotatable bonds is 2. The Hall–Kier alpha value is -1.63. The summed E-state index contributed by atoms with van der Waals surface area (Å²) < 4.78 is 0.525. The van der Waals surface area contributed by atoms with Crippen LogP contribution >= 0.6 is 23.8 Å². The highest BCUT2D eigenvalue weighted by Crippen LogP contribution is 2.40. The Morgan fingerprint density at radius 2 is 1.95 bits per heavy atom.